The van der Waals surface area contributed by atoms with Gasteiger partial charge in [0.15, 0.2) is 0 Å². The number of rotatable bonds is 2. The Morgan fingerprint density at radius 3 is 1.78 bits per heavy atom. The molecule has 0 aromatic heterocycles. The van der Waals surface area contributed by atoms with Gasteiger partial charge in [0.25, 0.3) is 20.2 Å². The molecule has 0 aliphatic heterocycles. The summed E-state index contributed by atoms with van der Waals surface area (Å²) in [5.74, 6) is 0. The highest BCUT2D eigenvalue weighted by atomic mass is 79.9. The molecule has 0 heterocycles. The van der Waals surface area contributed by atoms with Crippen LogP contribution in [0.5, 0.6) is 0 Å². The lowest BCUT2D eigenvalue weighted by molar-refractivity contribution is 0.467. The van der Waals surface area contributed by atoms with Gasteiger partial charge >= 0.3 is 0 Å². The standard InChI is InChI=1S/C14H9BrO6S2/c15-12-7-10-5-8-3-1-2-4-9(8)6-11(10)13(22(16,17)18)14(12)23(19,20)21/h1-7H,(H,16,17,18)(H,19,20,21). The molecule has 0 fully saturated rings. The van der Waals surface area contributed by atoms with Crippen molar-refractivity contribution in [2.24, 2.45) is 0 Å². The molecule has 0 spiro atoms. The van der Waals surface area contributed by atoms with E-state index in [0.29, 0.717) is 10.8 Å². The molecule has 120 valence electrons. The van der Waals surface area contributed by atoms with Crippen molar-refractivity contribution in [3.63, 3.8) is 0 Å². The molecule has 0 atom stereocenters. The minimum Gasteiger partial charge on any atom is -0.282 e. The van der Waals surface area contributed by atoms with Crippen LogP contribution in [-0.4, -0.2) is 25.9 Å². The molecule has 2 N–H and O–H groups in total. The fourth-order valence-corrected chi connectivity index (χ4v) is 5.77. The molecular weight excluding hydrogens is 408 g/mol. The van der Waals surface area contributed by atoms with E-state index in [2.05, 4.69) is 15.9 Å². The van der Waals surface area contributed by atoms with Crippen molar-refractivity contribution in [1.29, 1.82) is 0 Å². The third kappa shape index (κ3) is 2.86. The normalized spacial score (nSPS) is 12.8. The molecule has 3 aromatic rings. The number of hydrogen-bond acceptors (Lipinski definition) is 4. The molecule has 0 bridgehead atoms. The molecule has 0 radical (unpaired) electrons. The Labute approximate surface area is 140 Å². The maximum atomic E-state index is 11.8. The Bertz CT molecular complexity index is 1170. The first-order valence-corrected chi connectivity index (χ1v) is 9.86. The van der Waals surface area contributed by atoms with E-state index >= 15 is 0 Å². The first kappa shape index (κ1) is 16.3. The summed E-state index contributed by atoms with van der Waals surface area (Å²) >= 11 is 2.95. The van der Waals surface area contributed by atoms with Gasteiger partial charge in [0.1, 0.15) is 9.79 Å². The van der Waals surface area contributed by atoms with Crippen molar-refractivity contribution in [1.82, 2.24) is 0 Å². The summed E-state index contributed by atoms with van der Waals surface area (Å²) in [6.45, 7) is 0. The molecule has 3 rings (SSSR count). The summed E-state index contributed by atoms with van der Waals surface area (Å²) in [5.41, 5.74) is 0. The predicted molar refractivity (Wildman–Crippen MR) is 88.8 cm³/mol. The van der Waals surface area contributed by atoms with Crippen molar-refractivity contribution in [3.05, 3.63) is 46.9 Å². The molecule has 0 aliphatic rings. The van der Waals surface area contributed by atoms with Crippen LogP contribution in [0.2, 0.25) is 0 Å². The zero-order valence-corrected chi connectivity index (χ0v) is 14.5. The maximum absolute atomic E-state index is 11.8. The summed E-state index contributed by atoms with van der Waals surface area (Å²) in [6.07, 6.45) is 0. The Morgan fingerprint density at radius 2 is 1.26 bits per heavy atom. The maximum Gasteiger partial charge on any atom is 0.297 e. The van der Waals surface area contributed by atoms with Gasteiger partial charge in [-0.15, -0.1) is 0 Å². The highest BCUT2D eigenvalue weighted by Gasteiger charge is 2.29. The number of hydrogen-bond donors (Lipinski definition) is 2. The van der Waals surface area contributed by atoms with E-state index in [1.165, 1.54) is 12.1 Å². The average Bonchev–Trinajstić information content (AvgIpc) is 2.41. The van der Waals surface area contributed by atoms with Gasteiger partial charge in [-0.3, -0.25) is 9.11 Å². The number of benzene rings is 3. The van der Waals surface area contributed by atoms with Gasteiger partial charge in [0, 0.05) is 9.86 Å². The van der Waals surface area contributed by atoms with Crippen LogP contribution < -0.4 is 0 Å². The fourth-order valence-electron chi connectivity index (χ4n) is 2.50. The van der Waals surface area contributed by atoms with Crippen LogP contribution in [0.25, 0.3) is 21.5 Å². The van der Waals surface area contributed by atoms with Crippen molar-refractivity contribution < 1.29 is 25.9 Å². The zero-order valence-electron chi connectivity index (χ0n) is 11.3. The number of halogens is 1. The van der Waals surface area contributed by atoms with Crippen LogP contribution in [0.15, 0.2) is 56.7 Å². The summed E-state index contributed by atoms with van der Waals surface area (Å²) in [5, 5.41) is 1.87. The summed E-state index contributed by atoms with van der Waals surface area (Å²) in [7, 11) is -9.78. The molecule has 3 aromatic carbocycles. The Hall–Kier alpha value is -1.52. The van der Waals surface area contributed by atoms with E-state index in [1.54, 1.807) is 24.3 Å². The van der Waals surface area contributed by atoms with Gasteiger partial charge in [-0.2, -0.15) is 16.8 Å². The smallest absolute Gasteiger partial charge is 0.282 e. The molecular formula is C14H9BrO6S2. The second kappa shape index (κ2) is 5.25. The van der Waals surface area contributed by atoms with E-state index in [0.717, 1.165) is 5.39 Å². The minimum absolute atomic E-state index is 0.00188. The Kier molecular flexibility index (Phi) is 3.73. The van der Waals surface area contributed by atoms with Crippen molar-refractivity contribution in [2.45, 2.75) is 9.79 Å². The Morgan fingerprint density at radius 1 is 0.739 bits per heavy atom. The average molecular weight is 417 g/mol. The zero-order chi connectivity index (χ0) is 17.0. The lowest BCUT2D eigenvalue weighted by atomic mass is 10.0. The van der Waals surface area contributed by atoms with Gasteiger partial charge in [-0.25, -0.2) is 0 Å². The third-order valence-corrected chi connectivity index (χ3v) is 6.28. The van der Waals surface area contributed by atoms with Crippen molar-refractivity contribution in [2.75, 3.05) is 0 Å². The molecule has 0 aliphatic carbocycles. The first-order valence-electron chi connectivity index (χ1n) is 6.19. The van der Waals surface area contributed by atoms with Gasteiger partial charge in [-0.1, -0.05) is 24.3 Å². The fraction of sp³-hybridized carbons (Fsp3) is 0. The number of fused-ring (bicyclic) bond motifs is 2. The third-order valence-electron chi connectivity index (χ3n) is 3.38. The van der Waals surface area contributed by atoms with Crippen LogP contribution in [0.4, 0.5) is 0 Å². The monoisotopic (exact) mass is 416 g/mol. The highest BCUT2D eigenvalue weighted by Crippen LogP contribution is 2.37. The predicted octanol–water partition coefficient (Wildman–Crippen LogP) is 3.25. The molecule has 0 amide bonds. The summed E-state index contributed by atoms with van der Waals surface area (Å²) < 4.78 is 65.4. The summed E-state index contributed by atoms with van der Waals surface area (Å²) in [4.78, 5) is -1.74. The van der Waals surface area contributed by atoms with Crippen LogP contribution >= 0.6 is 15.9 Å². The SMILES string of the molecule is O=S(=O)(O)c1c(Br)cc2cc3ccccc3cc2c1S(=O)(=O)O. The van der Waals surface area contributed by atoms with Crippen molar-refractivity contribution in [3.8, 4) is 0 Å². The lowest BCUT2D eigenvalue weighted by Gasteiger charge is -2.12. The van der Waals surface area contributed by atoms with Gasteiger partial charge in [0.05, 0.1) is 0 Å². The quantitative estimate of drug-likeness (QED) is 0.490. The minimum atomic E-state index is -4.90. The van der Waals surface area contributed by atoms with E-state index in [-0.39, 0.29) is 9.86 Å². The molecule has 0 saturated heterocycles. The largest absolute Gasteiger partial charge is 0.297 e. The molecule has 23 heavy (non-hydrogen) atoms. The highest BCUT2D eigenvalue weighted by molar-refractivity contribution is 9.10. The van der Waals surface area contributed by atoms with Crippen LogP contribution in [0, 0.1) is 0 Å². The molecule has 0 saturated carbocycles. The lowest BCUT2D eigenvalue weighted by Crippen LogP contribution is -2.10. The van der Waals surface area contributed by atoms with E-state index in [1.807, 2.05) is 6.07 Å². The van der Waals surface area contributed by atoms with Crippen LogP contribution in [0.3, 0.4) is 0 Å². The molecule has 0 unspecified atom stereocenters. The second-order valence-corrected chi connectivity index (χ2v) is 8.46. The molecule has 6 nitrogen and oxygen atoms in total. The Balaban J connectivity index is 2.66. The van der Waals surface area contributed by atoms with E-state index in [4.69, 9.17) is 0 Å². The van der Waals surface area contributed by atoms with E-state index < -0.39 is 30.0 Å². The van der Waals surface area contributed by atoms with Crippen molar-refractivity contribution >= 4 is 57.7 Å². The topological polar surface area (TPSA) is 109 Å². The second-order valence-electron chi connectivity index (χ2n) is 4.89. The van der Waals surface area contributed by atoms with Crippen LogP contribution in [-0.2, 0) is 20.2 Å². The summed E-state index contributed by atoms with van der Waals surface area (Å²) in [6, 6.07) is 11.6. The van der Waals surface area contributed by atoms with Crippen LogP contribution in [0.1, 0.15) is 0 Å². The van der Waals surface area contributed by atoms with Gasteiger partial charge < -0.3 is 0 Å². The first-order chi connectivity index (χ1) is 10.6. The molecule has 9 heteroatoms. The van der Waals surface area contributed by atoms with E-state index in [9.17, 15) is 25.9 Å². The van der Waals surface area contributed by atoms with Gasteiger partial charge in [0.2, 0.25) is 0 Å². The van der Waals surface area contributed by atoms with Gasteiger partial charge in [-0.05, 0) is 50.3 Å².